The monoisotopic (exact) mass is 748 g/mol. The molecule has 7 rings (SSSR count). The maximum Gasteiger partial charge on any atom is 0.315 e. The zero-order chi connectivity index (χ0) is 38.4. The zero-order valence-corrected chi connectivity index (χ0v) is 27.1. The van der Waals surface area contributed by atoms with Crippen LogP contribution in [-0.4, -0.2) is 19.9 Å². The van der Waals surface area contributed by atoms with Crippen LogP contribution in [-0.2, 0) is 12.8 Å². The second kappa shape index (κ2) is 10.9. The Hall–Kier alpha value is -6.76. The fraction of sp³-hybridized carbons (Fsp3) is 0.0857. The first-order chi connectivity index (χ1) is 24.8. The van der Waals surface area contributed by atoms with Gasteiger partial charge in [0.25, 0.3) is 11.4 Å². The Kier molecular flexibility index (Phi) is 7.11. The molecule has 0 fully saturated rings. The van der Waals surface area contributed by atoms with Gasteiger partial charge in [-0.1, -0.05) is 19.4 Å². The Morgan fingerprint density at radius 2 is 1.08 bits per heavy atom. The van der Waals surface area contributed by atoms with E-state index in [-0.39, 0.29) is 97.3 Å². The summed E-state index contributed by atoms with van der Waals surface area (Å²) in [5, 5.41) is 20.1. The lowest BCUT2D eigenvalue weighted by Crippen LogP contribution is -2.26. The number of fused-ring (bicyclic) bond motifs is 6. The molecular formula is C35H13F9N8S. The summed E-state index contributed by atoms with van der Waals surface area (Å²) >= 11 is 0. The molecule has 0 spiro atoms. The highest BCUT2D eigenvalue weighted by Crippen LogP contribution is 3.02. The molecule has 2 aromatic heterocycles. The van der Waals surface area contributed by atoms with E-state index in [1.807, 2.05) is 12.1 Å². The molecule has 0 saturated carbocycles. The molecule has 2 heterocycles. The fourth-order valence-electron chi connectivity index (χ4n) is 6.53. The molecular weight excluding hydrogens is 735 g/mol. The highest BCUT2D eigenvalue weighted by molar-refractivity contribution is 8.45. The van der Waals surface area contributed by atoms with Crippen LogP contribution in [0, 0.1) is 66.0 Å². The number of nitrogens with zero attached hydrogens (tertiary/aromatic N) is 8. The summed E-state index contributed by atoms with van der Waals surface area (Å²) in [5.41, 5.74) is -1.22. The Bertz CT molecular complexity index is 2810. The number of benzene rings is 3. The molecule has 5 aromatic rings. The van der Waals surface area contributed by atoms with Crippen molar-refractivity contribution in [2.75, 3.05) is 0 Å². The SMILES string of the molecule is [C-]#[N+]/C(C#N)=c1\c2c(/c(=C(/C#N)[N+]#[C-])c3c1Cc1nc(-c4cc(F)c(S(F)(F)(F)(F)F)c(F)c4)cnc1-3)-c1ncc(-c3cc(F)c(C)c(F)c3)nc1C2. The van der Waals surface area contributed by atoms with Gasteiger partial charge < -0.3 is 0 Å². The van der Waals surface area contributed by atoms with Crippen LogP contribution in [0.3, 0.4) is 0 Å². The summed E-state index contributed by atoms with van der Waals surface area (Å²) in [7, 11) is -10.8. The molecule has 8 nitrogen and oxygen atoms in total. The van der Waals surface area contributed by atoms with Crippen LogP contribution in [0.2, 0.25) is 0 Å². The zero-order valence-electron chi connectivity index (χ0n) is 26.3. The van der Waals surface area contributed by atoms with Crippen molar-refractivity contribution in [2.24, 2.45) is 0 Å². The Morgan fingerprint density at radius 3 is 1.45 bits per heavy atom. The molecule has 3 aromatic carbocycles. The van der Waals surface area contributed by atoms with Gasteiger partial charge in [-0.3, -0.25) is 9.97 Å². The Morgan fingerprint density at radius 1 is 0.679 bits per heavy atom. The van der Waals surface area contributed by atoms with Gasteiger partial charge in [0.05, 0.1) is 71.8 Å². The van der Waals surface area contributed by atoms with Crippen LogP contribution < -0.4 is 10.4 Å². The molecule has 0 atom stereocenters. The second-order valence-corrected chi connectivity index (χ2v) is 14.2. The third-order valence-electron chi connectivity index (χ3n) is 8.72. The molecule has 0 aliphatic heterocycles. The predicted octanol–water partition coefficient (Wildman–Crippen LogP) is 8.37. The van der Waals surface area contributed by atoms with Crippen molar-refractivity contribution >= 4 is 21.6 Å². The van der Waals surface area contributed by atoms with Crippen LogP contribution in [0.4, 0.5) is 37.0 Å². The van der Waals surface area contributed by atoms with Crippen molar-refractivity contribution in [3.05, 3.63) is 121 Å². The minimum Gasteiger partial charge on any atom is -0.252 e. The van der Waals surface area contributed by atoms with Crippen molar-refractivity contribution in [3.8, 4) is 57.2 Å². The third-order valence-corrected chi connectivity index (χ3v) is 9.89. The minimum absolute atomic E-state index is 0.0177. The van der Waals surface area contributed by atoms with E-state index in [1.165, 1.54) is 13.1 Å². The summed E-state index contributed by atoms with van der Waals surface area (Å²) in [4.78, 5) is 21.0. The van der Waals surface area contributed by atoms with Gasteiger partial charge in [0.1, 0.15) is 23.3 Å². The third kappa shape index (κ3) is 5.39. The first-order valence-corrected chi connectivity index (χ1v) is 16.7. The van der Waals surface area contributed by atoms with Crippen molar-refractivity contribution in [2.45, 2.75) is 24.7 Å². The number of rotatable bonds is 3. The van der Waals surface area contributed by atoms with Crippen molar-refractivity contribution in [3.63, 3.8) is 0 Å². The summed E-state index contributed by atoms with van der Waals surface area (Å²) in [6.07, 6.45) is 1.68. The Labute approximate surface area is 291 Å². The molecule has 53 heavy (non-hydrogen) atoms. The first kappa shape index (κ1) is 34.7. The van der Waals surface area contributed by atoms with Gasteiger partial charge in [-0.15, -0.1) is 0 Å². The molecule has 0 saturated heterocycles. The molecule has 0 bridgehead atoms. The van der Waals surface area contributed by atoms with Crippen molar-refractivity contribution in [1.29, 1.82) is 10.5 Å². The van der Waals surface area contributed by atoms with Gasteiger partial charge in [-0.2, -0.15) is 0 Å². The highest BCUT2D eigenvalue weighted by Gasteiger charge is 2.69. The Balaban J connectivity index is 1.49. The topological polar surface area (TPSA) is 108 Å². The summed E-state index contributed by atoms with van der Waals surface area (Å²) < 4.78 is 125. The van der Waals surface area contributed by atoms with E-state index in [0.29, 0.717) is 0 Å². The average Bonchev–Trinajstić information content (AvgIpc) is 3.65. The number of nitriles is 2. The summed E-state index contributed by atoms with van der Waals surface area (Å²) in [6, 6.07) is 5.83. The molecule has 0 amide bonds. The largest absolute Gasteiger partial charge is 0.315 e. The number of aromatic nitrogens is 4. The minimum atomic E-state index is -10.8. The van der Waals surface area contributed by atoms with Gasteiger partial charge in [-0.25, -0.2) is 47.7 Å². The van der Waals surface area contributed by atoms with E-state index >= 15 is 0 Å². The molecule has 262 valence electrons. The number of halogens is 9. The van der Waals surface area contributed by atoms with E-state index in [4.69, 9.17) is 13.1 Å². The van der Waals surface area contributed by atoms with E-state index < -0.39 is 61.0 Å². The van der Waals surface area contributed by atoms with E-state index in [2.05, 4.69) is 29.6 Å². The molecule has 2 aliphatic rings. The van der Waals surface area contributed by atoms with Gasteiger partial charge >= 0.3 is 10.2 Å². The van der Waals surface area contributed by atoms with Crippen LogP contribution in [0.5, 0.6) is 0 Å². The van der Waals surface area contributed by atoms with Crippen LogP contribution in [0.15, 0.2) is 41.6 Å². The van der Waals surface area contributed by atoms with Gasteiger partial charge in [-0.05, 0) is 42.3 Å². The van der Waals surface area contributed by atoms with Crippen LogP contribution in [0.1, 0.15) is 28.1 Å². The predicted molar refractivity (Wildman–Crippen MR) is 171 cm³/mol. The molecule has 0 N–H and O–H groups in total. The van der Waals surface area contributed by atoms with Gasteiger partial charge in [0.15, 0.2) is 4.90 Å². The van der Waals surface area contributed by atoms with Crippen molar-refractivity contribution < 1.29 is 37.0 Å². The van der Waals surface area contributed by atoms with E-state index in [0.717, 1.165) is 18.3 Å². The summed E-state index contributed by atoms with van der Waals surface area (Å²) in [5.74, 6) is -6.83. The summed E-state index contributed by atoms with van der Waals surface area (Å²) in [6.45, 7) is 16.8. The molecule has 2 aliphatic carbocycles. The van der Waals surface area contributed by atoms with E-state index in [9.17, 15) is 47.5 Å². The van der Waals surface area contributed by atoms with Gasteiger partial charge in [0, 0.05) is 51.1 Å². The quantitative estimate of drug-likeness (QED) is 0.133. The van der Waals surface area contributed by atoms with Crippen LogP contribution >= 0.6 is 10.2 Å². The maximum absolute atomic E-state index is 14.5. The van der Waals surface area contributed by atoms with E-state index in [1.54, 1.807) is 0 Å². The standard InChI is InChI=1S/C35H13F9N8S/c1-14-19(36)4-15(5-20(14)37)27-12-49-33-23(51-27)8-17-29(25(10-45)47-2)18-9-24-34(31(18)32(30(17)33)26(11-46)48-3)50-13-28(52-24)16-6-21(38)35(22(39)7-16)53(40,41,42,43)44/h4-7,12-13H,8-9H2,1H3/b29-25+,32-26+. The van der Waals surface area contributed by atoms with Gasteiger partial charge in [0.2, 0.25) is 0 Å². The molecule has 0 unspecified atom stereocenters. The molecule has 0 radical (unpaired) electrons. The lowest BCUT2D eigenvalue weighted by molar-refractivity contribution is 0.345. The second-order valence-electron chi connectivity index (χ2n) is 11.9. The maximum atomic E-state index is 14.5. The lowest BCUT2D eigenvalue weighted by Gasteiger charge is -2.40. The smallest absolute Gasteiger partial charge is 0.252 e. The number of hydrogen-bond acceptors (Lipinski definition) is 6. The molecule has 18 heteroatoms. The highest BCUT2D eigenvalue weighted by atomic mass is 32.5. The average molecular weight is 749 g/mol. The first-order valence-electron chi connectivity index (χ1n) is 14.7. The normalized spacial score (nSPS) is 14.9. The lowest BCUT2D eigenvalue weighted by atomic mass is 9.92. The van der Waals surface area contributed by atoms with Crippen molar-refractivity contribution in [1.82, 2.24) is 19.9 Å². The van der Waals surface area contributed by atoms with Crippen LogP contribution in [0.25, 0.3) is 66.1 Å². The fourth-order valence-corrected chi connectivity index (χ4v) is 7.39. The number of hydrogen-bond donors (Lipinski definition) is 0.